The number of hydrogen-bond donors (Lipinski definition) is 2. The van der Waals surface area contributed by atoms with Gasteiger partial charge in [-0.1, -0.05) is 12.1 Å². The van der Waals surface area contributed by atoms with E-state index in [0.29, 0.717) is 13.2 Å². The summed E-state index contributed by atoms with van der Waals surface area (Å²) in [6.45, 7) is 2.21. The fourth-order valence-electron chi connectivity index (χ4n) is 1.53. The van der Waals surface area contributed by atoms with Crippen LogP contribution in [-0.2, 0) is 9.53 Å². The summed E-state index contributed by atoms with van der Waals surface area (Å²) in [5.41, 5.74) is 0.0872. The lowest BCUT2D eigenvalue weighted by molar-refractivity contribution is -0.274. The maximum atomic E-state index is 12.3. The Balaban J connectivity index is 2.67. The van der Waals surface area contributed by atoms with E-state index in [9.17, 15) is 18.0 Å². The zero-order chi connectivity index (χ0) is 15.9. The molecule has 0 spiro atoms. The maximum absolute atomic E-state index is 12.3. The van der Waals surface area contributed by atoms with Crippen molar-refractivity contribution in [1.82, 2.24) is 5.32 Å². The van der Waals surface area contributed by atoms with E-state index in [1.807, 2.05) is 0 Å². The number of amides is 1. The number of methoxy groups -OCH3 is 1. The molecule has 0 saturated carbocycles. The molecule has 118 valence electrons. The van der Waals surface area contributed by atoms with Crippen LogP contribution < -0.4 is 15.4 Å². The van der Waals surface area contributed by atoms with Gasteiger partial charge in [0.15, 0.2) is 5.75 Å². The SMILES string of the molecule is COCCNC(=O)C(C)Nc1ccccc1OC(F)(F)F. The molecule has 0 aromatic heterocycles. The van der Waals surface area contributed by atoms with E-state index < -0.39 is 12.4 Å². The molecule has 8 heteroatoms. The number of rotatable bonds is 7. The highest BCUT2D eigenvalue weighted by molar-refractivity contribution is 5.84. The average molecular weight is 306 g/mol. The molecule has 0 radical (unpaired) electrons. The fourth-order valence-corrected chi connectivity index (χ4v) is 1.53. The van der Waals surface area contributed by atoms with Gasteiger partial charge >= 0.3 is 6.36 Å². The van der Waals surface area contributed by atoms with Crippen molar-refractivity contribution in [1.29, 1.82) is 0 Å². The molecule has 0 fully saturated rings. The van der Waals surface area contributed by atoms with Crippen LogP contribution in [-0.4, -0.2) is 38.6 Å². The molecule has 0 bridgehead atoms. The molecule has 0 aliphatic carbocycles. The van der Waals surface area contributed by atoms with Crippen LogP contribution in [0.5, 0.6) is 5.75 Å². The minimum Gasteiger partial charge on any atom is -0.404 e. The Bertz CT molecular complexity index is 466. The van der Waals surface area contributed by atoms with Crippen LogP contribution >= 0.6 is 0 Å². The van der Waals surface area contributed by atoms with E-state index in [0.717, 1.165) is 0 Å². The van der Waals surface area contributed by atoms with Gasteiger partial charge in [-0.05, 0) is 19.1 Å². The number of halogens is 3. The minimum absolute atomic E-state index is 0.0872. The zero-order valence-electron chi connectivity index (χ0n) is 11.7. The lowest BCUT2D eigenvalue weighted by Gasteiger charge is -2.18. The van der Waals surface area contributed by atoms with E-state index in [1.54, 1.807) is 6.07 Å². The van der Waals surface area contributed by atoms with Crippen molar-refractivity contribution < 1.29 is 27.4 Å². The average Bonchev–Trinajstić information content (AvgIpc) is 2.39. The fraction of sp³-hybridized carbons (Fsp3) is 0.462. The number of nitrogens with one attached hydrogen (secondary N) is 2. The monoisotopic (exact) mass is 306 g/mol. The van der Waals surface area contributed by atoms with Crippen molar-refractivity contribution in [2.45, 2.75) is 19.3 Å². The van der Waals surface area contributed by atoms with Crippen molar-refractivity contribution in [3.8, 4) is 5.75 Å². The number of carbonyl (C=O) groups is 1. The van der Waals surface area contributed by atoms with Crippen LogP contribution in [0.15, 0.2) is 24.3 Å². The smallest absolute Gasteiger partial charge is 0.404 e. The van der Waals surface area contributed by atoms with Crippen molar-refractivity contribution >= 4 is 11.6 Å². The third-order valence-corrected chi connectivity index (χ3v) is 2.48. The number of hydrogen-bond acceptors (Lipinski definition) is 4. The van der Waals surface area contributed by atoms with Crippen molar-refractivity contribution in [3.63, 3.8) is 0 Å². The summed E-state index contributed by atoms with van der Waals surface area (Å²) in [6, 6.07) is 4.81. The highest BCUT2D eigenvalue weighted by Gasteiger charge is 2.32. The summed E-state index contributed by atoms with van der Waals surface area (Å²) in [6.07, 6.45) is -4.79. The molecular formula is C13H17F3N2O3. The lowest BCUT2D eigenvalue weighted by atomic mass is 10.2. The van der Waals surface area contributed by atoms with Crippen LogP contribution in [0.1, 0.15) is 6.92 Å². The second-order valence-electron chi connectivity index (χ2n) is 4.19. The van der Waals surface area contributed by atoms with Gasteiger partial charge in [0.1, 0.15) is 6.04 Å². The first kappa shape index (κ1) is 17.1. The van der Waals surface area contributed by atoms with Crippen LogP contribution in [0.25, 0.3) is 0 Å². The van der Waals surface area contributed by atoms with Gasteiger partial charge in [-0.15, -0.1) is 13.2 Å². The van der Waals surface area contributed by atoms with Gasteiger partial charge < -0.3 is 20.1 Å². The van der Waals surface area contributed by atoms with E-state index in [4.69, 9.17) is 4.74 Å². The maximum Gasteiger partial charge on any atom is 0.573 e. The first-order chi connectivity index (χ1) is 9.83. The van der Waals surface area contributed by atoms with Gasteiger partial charge in [0, 0.05) is 13.7 Å². The molecule has 21 heavy (non-hydrogen) atoms. The van der Waals surface area contributed by atoms with Crippen LogP contribution in [0, 0.1) is 0 Å². The molecule has 0 aliphatic rings. The first-order valence-corrected chi connectivity index (χ1v) is 6.21. The summed E-state index contributed by atoms with van der Waals surface area (Å²) in [5.74, 6) is -0.740. The summed E-state index contributed by atoms with van der Waals surface area (Å²) >= 11 is 0. The summed E-state index contributed by atoms with van der Waals surface area (Å²) in [5, 5.41) is 5.26. The Morgan fingerprint density at radius 3 is 2.62 bits per heavy atom. The van der Waals surface area contributed by atoms with Gasteiger partial charge in [0.2, 0.25) is 5.91 Å². The highest BCUT2D eigenvalue weighted by Crippen LogP contribution is 2.30. The standard InChI is InChI=1S/C13H17F3N2O3/c1-9(12(19)17-7-8-20-2)18-10-5-3-4-6-11(10)21-13(14,15)16/h3-6,9,18H,7-8H2,1-2H3,(H,17,19). The first-order valence-electron chi connectivity index (χ1n) is 6.21. The third kappa shape index (κ3) is 6.35. The van der Waals surface area contributed by atoms with Crippen molar-refractivity contribution in [3.05, 3.63) is 24.3 Å². The molecule has 1 amide bonds. The predicted molar refractivity (Wildman–Crippen MR) is 71.1 cm³/mol. The second-order valence-corrected chi connectivity index (χ2v) is 4.19. The number of anilines is 1. The van der Waals surface area contributed by atoms with Gasteiger partial charge in [-0.2, -0.15) is 0 Å². The van der Waals surface area contributed by atoms with E-state index >= 15 is 0 Å². The van der Waals surface area contributed by atoms with E-state index in [2.05, 4.69) is 15.4 Å². The van der Waals surface area contributed by atoms with Gasteiger partial charge in [-0.3, -0.25) is 4.79 Å². The zero-order valence-corrected chi connectivity index (χ0v) is 11.7. The minimum atomic E-state index is -4.79. The second kappa shape index (κ2) is 7.72. The molecule has 1 atom stereocenters. The van der Waals surface area contributed by atoms with E-state index in [-0.39, 0.29) is 17.3 Å². The molecule has 1 aromatic carbocycles. The molecular weight excluding hydrogens is 289 g/mol. The number of carbonyl (C=O) groups excluding carboxylic acids is 1. The molecule has 0 saturated heterocycles. The third-order valence-electron chi connectivity index (χ3n) is 2.48. The van der Waals surface area contributed by atoms with Gasteiger partial charge in [-0.25, -0.2) is 0 Å². The normalized spacial score (nSPS) is 12.6. The quantitative estimate of drug-likeness (QED) is 0.758. The van der Waals surface area contributed by atoms with Crippen molar-refractivity contribution in [2.75, 3.05) is 25.6 Å². The predicted octanol–water partition coefficient (Wildman–Crippen LogP) is 2.15. The number of para-hydroxylation sites is 2. The molecule has 2 N–H and O–H groups in total. The van der Waals surface area contributed by atoms with Gasteiger partial charge in [0.25, 0.3) is 0 Å². The molecule has 1 aromatic rings. The van der Waals surface area contributed by atoms with E-state index in [1.165, 1.54) is 32.2 Å². The summed E-state index contributed by atoms with van der Waals surface area (Å²) in [7, 11) is 1.50. The Morgan fingerprint density at radius 1 is 1.33 bits per heavy atom. The molecule has 1 unspecified atom stereocenters. The molecule has 0 heterocycles. The summed E-state index contributed by atoms with van der Waals surface area (Å²) < 4.78 is 45.5. The topological polar surface area (TPSA) is 59.6 Å². The number of benzene rings is 1. The Morgan fingerprint density at radius 2 is 2.00 bits per heavy atom. The Labute approximate surface area is 120 Å². The Kier molecular flexibility index (Phi) is 6.29. The molecule has 5 nitrogen and oxygen atoms in total. The molecule has 0 aliphatic heterocycles. The summed E-state index contributed by atoms with van der Waals surface area (Å²) in [4.78, 5) is 11.7. The van der Waals surface area contributed by atoms with Crippen LogP contribution in [0.2, 0.25) is 0 Å². The van der Waals surface area contributed by atoms with Crippen LogP contribution in [0.4, 0.5) is 18.9 Å². The molecule has 1 rings (SSSR count). The Hall–Kier alpha value is -1.96. The highest BCUT2D eigenvalue weighted by atomic mass is 19.4. The number of ether oxygens (including phenoxy) is 2. The van der Waals surface area contributed by atoms with Crippen molar-refractivity contribution in [2.24, 2.45) is 0 Å². The number of alkyl halides is 3. The lowest BCUT2D eigenvalue weighted by Crippen LogP contribution is -2.39. The van der Waals surface area contributed by atoms with Gasteiger partial charge in [0.05, 0.1) is 12.3 Å². The largest absolute Gasteiger partial charge is 0.573 e. The van der Waals surface area contributed by atoms with Crippen LogP contribution in [0.3, 0.4) is 0 Å².